The predicted molar refractivity (Wildman–Crippen MR) is 141 cm³/mol. The minimum atomic E-state index is -0.343. The summed E-state index contributed by atoms with van der Waals surface area (Å²) in [5.74, 6) is 0.766. The van der Waals surface area contributed by atoms with E-state index < -0.39 is 0 Å². The summed E-state index contributed by atoms with van der Waals surface area (Å²) in [6.07, 6.45) is 1.62. The Morgan fingerprint density at radius 1 is 1.08 bits per heavy atom. The van der Waals surface area contributed by atoms with Crippen molar-refractivity contribution in [1.29, 1.82) is 0 Å². The van der Waals surface area contributed by atoms with Gasteiger partial charge in [-0.1, -0.05) is 54.9 Å². The summed E-state index contributed by atoms with van der Waals surface area (Å²) in [7, 11) is 1.64. The van der Waals surface area contributed by atoms with Gasteiger partial charge in [-0.2, -0.15) is 5.10 Å². The van der Waals surface area contributed by atoms with Gasteiger partial charge in [0.15, 0.2) is 0 Å². The quantitative estimate of drug-likeness (QED) is 0.320. The molecule has 1 amide bonds. The number of hydrogen-bond acceptors (Lipinski definition) is 4. The number of aromatic nitrogens is 2. The van der Waals surface area contributed by atoms with Crippen molar-refractivity contribution in [2.24, 2.45) is 0 Å². The maximum Gasteiger partial charge on any atom is 0.273 e. The van der Waals surface area contributed by atoms with Crippen molar-refractivity contribution in [2.45, 2.75) is 32.7 Å². The average Bonchev–Trinajstić information content (AvgIpc) is 3.44. The van der Waals surface area contributed by atoms with Crippen molar-refractivity contribution in [3.05, 3.63) is 99.2 Å². The molecule has 3 aromatic carbocycles. The van der Waals surface area contributed by atoms with Gasteiger partial charge < -0.3 is 14.7 Å². The number of carbonyl (C=O) groups is 1. The van der Waals surface area contributed by atoms with Crippen molar-refractivity contribution in [3.8, 4) is 22.8 Å². The van der Waals surface area contributed by atoms with E-state index in [9.17, 15) is 9.90 Å². The third-order valence-corrected chi connectivity index (χ3v) is 7.31. The molecule has 0 radical (unpaired) electrons. The minimum Gasteiger partial charge on any atom is -0.507 e. The normalized spacial score (nSPS) is 14.8. The molecule has 2 heterocycles. The summed E-state index contributed by atoms with van der Waals surface area (Å²) >= 11 is 6.40. The lowest BCUT2D eigenvalue weighted by atomic mass is 9.94. The van der Waals surface area contributed by atoms with Crippen molar-refractivity contribution in [3.63, 3.8) is 0 Å². The second-order valence-corrected chi connectivity index (χ2v) is 9.48. The lowest BCUT2D eigenvalue weighted by Crippen LogP contribution is -2.31. The highest BCUT2D eigenvalue weighted by Gasteiger charge is 2.42. The maximum atomic E-state index is 13.6. The monoisotopic (exact) mass is 501 g/mol. The van der Waals surface area contributed by atoms with E-state index in [1.54, 1.807) is 19.2 Å². The Balaban J connectivity index is 1.57. The standard InChI is InChI=1S/C29H28ClN3O3/c1-4-18-5-9-20(10-6-18)28-25-26(22-16-23(30)17(2)15-24(22)34)31-32-27(25)29(35)33(28)14-13-19-7-11-21(36-3)12-8-19/h5-12,15-16,28,34H,4,13-14H2,1-3H3,(H,31,32)/t28-/m1/s1. The Hall–Kier alpha value is -3.77. The molecule has 0 aliphatic carbocycles. The van der Waals surface area contributed by atoms with Gasteiger partial charge in [-0.15, -0.1) is 0 Å². The van der Waals surface area contributed by atoms with Crippen LogP contribution in [0.5, 0.6) is 11.5 Å². The van der Waals surface area contributed by atoms with Gasteiger partial charge in [0, 0.05) is 22.7 Å². The summed E-state index contributed by atoms with van der Waals surface area (Å²) in [6.45, 7) is 4.47. The summed E-state index contributed by atoms with van der Waals surface area (Å²) in [5, 5.41) is 18.7. The van der Waals surface area contributed by atoms with Crippen LogP contribution in [0.1, 0.15) is 51.3 Å². The van der Waals surface area contributed by atoms with Crippen LogP contribution in [0.4, 0.5) is 0 Å². The molecule has 1 atom stereocenters. The van der Waals surface area contributed by atoms with Crippen molar-refractivity contribution in [1.82, 2.24) is 15.1 Å². The van der Waals surface area contributed by atoms with Gasteiger partial charge in [-0.25, -0.2) is 0 Å². The van der Waals surface area contributed by atoms with E-state index in [1.165, 1.54) is 5.56 Å². The first-order valence-corrected chi connectivity index (χ1v) is 12.4. The van der Waals surface area contributed by atoms with Crippen molar-refractivity contribution < 1.29 is 14.6 Å². The highest BCUT2D eigenvalue weighted by atomic mass is 35.5. The molecule has 7 heteroatoms. The third kappa shape index (κ3) is 4.22. The number of phenolic OH excluding ortho intramolecular Hbond substituents is 1. The van der Waals surface area contributed by atoms with Gasteiger partial charge in [0.2, 0.25) is 0 Å². The number of phenols is 1. The van der Waals surface area contributed by atoms with Crippen molar-refractivity contribution in [2.75, 3.05) is 13.7 Å². The fraction of sp³-hybridized carbons (Fsp3) is 0.241. The van der Waals surface area contributed by atoms with Gasteiger partial charge in [0.1, 0.15) is 22.9 Å². The number of aromatic hydroxyl groups is 1. The number of ether oxygens (including phenoxy) is 1. The zero-order valence-corrected chi connectivity index (χ0v) is 21.3. The second kappa shape index (κ2) is 9.70. The number of H-pyrrole nitrogens is 1. The molecule has 0 fully saturated rings. The lowest BCUT2D eigenvalue weighted by Gasteiger charge is -2.27. The maximum absolute atomic E-state index is 13.6. The number of carbonyl (C=O) groups excluding carboxylic acids is 1. The molecule has 2 N–H and O–H groups in total. The number of aryl methyl sites for hydroxylation is 2. The number of nitrogens with one attached hydrogen (secondary N) is 1. The SMILES string of the molecule is CCc1ccc([C@@H]2c3c(-c4cc(Cl)c(C)cc4O)n[nH]c3C(=O)N2CCc2ccc(OC)cc2)cc1. The molecule has 4 aromatic rings. The van der Waals surface area contributed by atoms with Crippen LogP contribution < -0.4 is 4.74 Å². The van der Waals surface area contributed by atoms with Gasteiger partial charge in [-0.3, -0.25) is 9.89 Å². The molecule has 1 aliphatic heterocycles. The highest BCUT2D eigenvalue weighted by molar-refractivity contribution is 6.31. The van der Waals surface area contributed by atoms with Crippen molar-refractivity contribution >= 4 is 17.5 Å². The third-order valence-electron chi connectivity index (χ3n) is 6.90. The molecule has 184 valence electrons. The van der Waals surface area contributed by atoms with Crippen LogP contribution in [0.2, 0.25) is 5.02 Å². The van der Waals surface area contributed by atoms with Crippen LogP contribution in [-0.2, 0) is 12.8 Å². The zero-order chi connectivity index (χ0) is 25.4. The van der Waals surface area contributed by atoms with E-state index in [-0.39, 0.29) is 17.7 Å². The van der Waals surface area contributed by atoms with E-state index in [0.717, 1.165) is 34.4 Å². The van der Waals surface area contributed by atoms with Crippen LogP contribution in [0.3, 0.4) is 0 Å². The topological polar surface area (TPSA) is 78.5 Å². The van der Waals surface area contributed by atoms with E-state index in [4.69, 9.17) is 16.3 Å². The molecule has 0 unspecified atom stereocenters. The van der Waals surface area contributed by atoms with Crippen LogP contribution >= 0.6 is 11.6 Å². The number of nitrogens with zero attached hydrogens (tertiary/aromatic N) is 2. The molecule has 0 saturated heterocycles. The molecular weight excluding hydrogens is 474 g/mol. The largest absolute Gasteiger partial charge is 0.507 e. The average molecular weight is 502 g/mol. The number of benzene rings is 3. The molecule has 1 aromatic heterocycles. The number of fused-ring (bicyclic) bond motifs is 1. The number of aromatic amines is 1. The summed E-state index contributed by atoms with van der Waals surface area (Å²) < 4.78 is 5.26. The molecule has 36 heavy (non-hydrogen) atoms. The second-order valence-electron chi connectivity index (χ2n) is 9.07. The van der Waals surface area contributed by atoms with E-state index in [0.29, 0.717) is 34.9 Å². The zero-order valence-electron chi connectivity index (χ0n) is 20.5. The molecule has 0 bridgehead atoms. The number of methoxy groups -OCH3 is 1. The summed E-state index contributed by atoms with van der Waals surface area (Å²) in [4.78, 5) is 15.5. The highest BCUT2D eigenvalue weighted by Crippen LogP contribution is 2.45. The van der Waals surface area contributed by atoms with Gasteiger partial charge in [0.25, 0.3) is 5.91 Å². The molecule has 6 nitrogen and oxygen atoms in total. The molecule has 0 spiro atoms. The van der Waals surface area contributed by atoms with Gasteiger partial charge in [-0.05, 0) is 66.3 Å². The Bertz CT molecular complexity index is 1410. The Morgan fingerprint density at radius 2 is 1.78 bits per heavy atom. The minimum absolute atomic E-state index is 0.0791. The van der Waals surface area contributed by atoms with Gasteiger partial charge in [0.05, 0.1) is 13.2 Å². The van der Waals surface area contributed by atoms with Gasteiger partial charge >= 0.3 is 0 Å². The molecule has 1 aliphatic rings. The predicted octanol–water partition coefficient (Wildman–Crippen LogP) is 6.10. The Labute approximate surface area is 215 Å². The number of hydrogen-bond donors (Lipinski definition) is 2. The van der Waals surface area contributed by atoms with Crippen LogP contribution in [0, 0.1) is 6.92 Å². The lowest BCUT2D eigenvalue weighted by molar-refractivity contribution is 0.0746. The molecule has 0 saturated carbocycles. The first kappa shape index (κ1) is 23.9. The van der Waals surface area contributed by atoms with Crippen LogP contribution in [0.25, 0.3) is 11.3 Å². The Morgan fingerprint density at radius 3 is 2.44 bits per heavy atom. The van der Waals surface area contributed by atoms with E-state index >= 15 is 0 Å². The smallest absolute Gasteiger partial charge is 0.273 e. The van der Waals surface area contributed by atoms with E-state index in [1.807, 2.05) is 36.1 Å². The number of rotatable bonds is 7. The van der Waals surface area contributed by atoms with E-state index in [2.05, 4.69) is 41.4 Å². The first-order chi connectivity index (χ1) is 17.4. The van der Waals surface area contributed by atoms with Crippen LogP contribution in [-0.4, -0.2) is 39.8 Å². The summed E-state index contributed by atoms with van der Waals surface area (Å²) in [6, 6.07) is 19.2. The molecule has 5 rings (SSSR count). The van der Waals surface area contributed by atoms with Crippen LogP contribution in [0.15, 0.2) is 60.7 Å². The first-order valence-electron chi connectivity index (χ1n) is 12.0. The fourth-order valence-electron chi connectivity index (χ4n) is 4.81. The fourth-order valence-corrected chi connectivity index (χ4v) is 4.98. The summed E-state index contributed by atoms with van der Waals surface area (Å²) in [5.41, 5.74) is 6.35. The number of halogens is 1. The Kier molecular flexibility index (Phi) is 6.46. The number of amides is 1. The molecular formula is C29H28ClN3O3.